The summed E-state index contributed by atoms with van der Waals surface area (Å²) in [5, 5.41) is 6.13. The highest BCUT2D eigenvalue weighted by Crippen LogP contribution is 2.28. The Kier molecular flexibility index (Phi) is 4.39. The van der Waals surface area contributed by atoms with Gasteiger partial charge in [0.05, 0.1) is 13.1 Å². The van der Waals surface area contributed by atoms with Gasteiger partial charge in [-0.25, -0.2) is 0 Å². The number of amides is 2. The van der Waals surface area contributed by atoms with Crippen LogP contribution in [0.25, 0.3) is 0 Å². The van der Waals surface area contributed by atoms with E-state index in [0.29, 0.717) is 11.6 Å². The van der Waals surface area contributed by atoms with E-state index in [9.17, 15) is 9.59 Å². The zero-order chi connectivity index (χ0) is 13.8. The molecule has 0 atom stereocenters. The molecule has 1 heterocycles. The molecule has 1 fully saturated rings. The van der Waals surface area contributed by atoms with Gasteiger partial charge in [-0.3, -0.25) is 14.9 Å². The van der Waals surface area contributed by atoms with E-state index in [2.05, 4.69) is 10.6 Å². The van der Waals surface area contributed by atoms with E-state index in [0.717, 1.165) is 17.8 Å². The Morgan fingerprint density at radius 1 is 1.32 bits per heavy atom. The minimum absolute atomic E-state index is 0.172. The topological polar surface area (TPSA) is 61.4 Å². The molecule has 5 nitrogen and oxygen atoms in total. The Morgan fingerprint density at radius 2 is 2.00 bits per heavy atom. The molecule has 1 aliphatic heterocycles. The van der Waals surface area contributed by atoms with Crippen molar-refractivity contribution in [3.8, 4) is 0 Å². The lowest BCUT2D eigenvalue weighted by Gasteiger charge is -2.29. The highest BCUT2D eigenvalue weighted by atomic mass is 35.5. The molecule has 0 spiro atoms. The average Bonchev–Trinajstić information content (AvgIpc) is 2.36. The van der Waals surface area contributed by atoms with E-state index in [-0.39, 0.29) is 24.9 Å². The van der Waals surface area contributed by atoms with Crippen LogP contribution in [-0.2, 0) is 16.1 Å². The third kappa shape index (κ3) is 3.24. The molecule has 1 aromatic rings. The molecule has 0 radical (unpaired) electrons. The first-order valence-corrected chi connectivity index (χ1v) is 6.55. The number of imide groups is 1. The van der Waals surface area contributed by atoms with Gasteiger partial charge in [0, 0.05) is 22.8 Å². The first-order chi connectivity index (χ1) is 9.11. The predicted octanol–water partition coefficient (Wildman–Crippen LogP) is 0.912. The zero-order valence-corrected chi connectivity index (χ0v) is 11.5. The van der Waals surface area contributed by atoms with E-state index in [1.54, 1.807) is 4.90 Å². The predicted molar refractivity (Wildman–Crippen MR) is 74.2 cm³/mol. The minimum Gasteiger partial charge on any atom is -0.353 e. The second kappa shape index (κ2) is 6.04. The van der Waals surface area contributed by atoms with Gasteiger partial charge < -0.3 is 10.2 Å². The van der Waals surface area contributed by atoms with Crippen molar-refractivity contribution in [2.45, 2.75) is 13.5 Å². The largest absolute Gasteiger partial charge is 0.353 e. The summed E-state index contributed by atoms with van der Waals surface area (Å²) in [6.07, 6.45) is 0. The molecule has 102 valence electrons. The maximum atomic E-state index is 11.4. The number of anilines is 1. The smallest absolute Gasteiger partial charge is 0.246 e. The van der Waals surface area contributed by atoms with E-state index in [1.807, 2.05) is 25.1 Å². The van der Waals surface area contributed by atoms with Crippen LogP contribution < -0.4 is 15.5 Å². The minimum atomic E-state index is -0.286. The third-order valence-electron chi connectivity index (χ3n) is 2.93. The van der Waals surface area contributed by atoms with Crippen molar-refractivity contribution in [3.63, 3.8) is 0 Å². The quantitative estimate of drug-likeness (QED) is 0.806. The fraction of sp³-hybridized carbons (Fsp3) is 0.385. The summed E-state index contributed by atoms with van der Waals surface area (Å²) in [6, 6.07) is 5.51. The van der Waals surface area contributed by atoms with Gasteiger partial charge in [-0.1, -0.05) is 24.6 Å². The van der Waals surface area contributed by atoms with Gasteiger partial charge in [-0.05, 0) is 18.7 Å². The summed E-state index contributed by atoms with van der Waals surface area (Å²) >= 11 is 6.20. The number of benzene rings is 1. The molecule has 2 amide bonds. The summed E-state index contributed by atoms with van der Waals surface area (Å²) in [4.78, 5) is 24.6. The molecule has 2 rings (SSSR count). The van der Waals surface area contributed by atoms with E-state index >= 15 is 0 Å². The fourth-order valence-electron chi connectivity index (χ4n) is 2.08. The van der Waals surface area contributed by atoms with Crippen LogP contribution >= 0.6 is 11.6 Å². The van der Waals surface area contributed by atoms with Crippen molar-refractivity contribution < 1.29 is 9.59 Å². The summed E-state index contributed by atoms with van der Waals surface area (Å²) in [5.74, 6) is -0.573. The number of halogens is 1. The second-order valence-electron chi connectivity index (χ2n) is 4.35. The number of piperazine rings is 1. The number of hydrogen-bond acceptors (Lipinski definition) is 4. The molecule has 0 aliphatic carbocycles. The highest BCUT2D eigenvalue weighted by molar-refractivity contribution is 6.31. The van der Waals surface area contributed by atoms with E-state index in [1.165, 1.54) is 0 Å². The van der Waals surface area contributed by atoms with Gasteiger partial charge in [-0.15, -0.1) is 0 Å². The van der Waals surface area contributed by atoms with Crippen molar-refractivity contribution in [2.75, 3.05) is 24.5 Å². The standard InChI is InChI=1S/C13H16ClN3O2/c1-2-15-6-9-10(14)4-3-5-11(9)17-7-12(18)16-13(19)8-17/h3-5,15H,2,6-8H2,1H3,(H,16,18,19). The third-order valence-corrected chi connectivity index (χ3v) is 3.29. The number of nitrogens with one attached hydrogen (secondary N) is 2. The Balaban J connectivity index is 2.30. The highest BCUT2D eigenvalue weighted by Gasteiger charge is 2.24. The summed E-state index contributed by atoms with van der Waals surface area (Å²) in [6.45, 7) is 3.78. The Bertz CT molecular complexity index is 489. The van der Waals surface area contributed by atoms with Crippen LogP contribution in [0, 0.1) is 0 Å². The molecule has 2 N–H and O–H groups in total. The first-order valence-electron chi connectivity index (χ1n) is 6.17. The van der Waals surface area contributed by atoms with Gasteiger partial charge >= 0.3 is 0 Å². The monoisotopic (exact) mass is 281 g/mol. The van der Waals surface area contributed by atoms with Gasteiger partial charge in [0.25, 0.3) is 0 Å². The van der Waals surface area contributed by atoms with Crippen LogP contribution in [0.5, 0.6) is 0 Å². The van der Waals surface area contributed by atoms with Gasteiger partial charge in [0.15, 0.2) is 0 Å². The molecule has 1 aromatic carbocycles. The molecule has 0 aromatic heterocycles. The second-order valence-corrected chi connectivity index (χ2v) is 4.75. The summed E-state index contributed by atoms with van der Waals surface area (Å²) < 4.78 is 0. The van der Waals surface area contributed by atoms with Crippen LogP contribution in [0.3, 0.4) is 0 Å². The van der Waals surface area contributed by atoms with Crippen molar-refractivity contribution in [1.29, 1.82) is 0 Å². The molecule has 0 bridgehead atoms. The van der Waals surface area contributed by atoms with Crippen LogP contribution in [-0.4, -0.2) is 31.4 Å². The summed E-state index contributed by atoms with van der Waals surface area (Å²) in [5.41, 5.74) is 1.74. The van der Waals surface area contributed by atoms with Crippen molar-refractivity contribution in [1.82, 2.24) is 10.6 Å². The molecule has 1 aliphatic rings. The normalized spacial score (nSPS) is 15.6. The lowest BCUT2D eigenvalue weighted by Crippen LogP contribution is -2.51. The molecule has 6 heteroatoms. The Hall–Kier alpha value is -1.59. The van der Waals surface area contributed by atoms with Crippen LogP contribution in [0.1, 0.15) is 12.5 Å². The average molecular weight is 282 g/mol. The maximum absolute atomic E-state index is 11.4. The molecule has 19 heavy (non-hydrogen) atoms. The molecule has 0 unspecified atom stereocenters. The summed E-state index contributed by atoms with van der Waals surface area (Å²) in [7, 11) is 0. The lowest BCUT2D eigenvalue weighted by molar-refractivity contribution is -0.130. The number of carbonyl (C=O) groups is 2. The van der Waals surface area contributed by atoms with Crippen molar-refractivity contribution >= 4 is 29.1 Å². The van der Waals surface area contributed by atoms with Gasteiger partial charge in [-0.2, -0.15) is 0 Å². The van der Waals surface area contributed by atoms with Crippen LogP contribution in [0.4, 0.5) is 5.69 Å². The van der Waals surface area contributed by atoms with Gasteiger partial charge in [0.2, 0.25) is 11.8 Å². The number of rotatable bonds is 4. The van der Waals surface area contributed by atoms with Crippen LogP contribution in [0.15, 0.2) is 18.2 Å². The lowest BCUT2D eigenvalue weighted by atomic mass is 10.1. The number of hydrogen-bond donors (Lipinski definition) is 2. The Morgan fingerprint density at radius 3 is 2.63 bits per heavy atom. The molecular weight excluding hydrogens is 266 g/mol. The first kappa shape index (κ1) is 13.8. The molecule has 0 saturated carbocycles. The van der Waals surface area contributed by atoms with Gasteiger partial charge in [0.1, 0.15) is 0 Å². The van der Waals surface area contributed by atoms with E-state index in [4.69, 9.17) is 11.6 Å². The number of nitrogens with zero attached hydrogens (tertiary/aromatic N) is 1. The fourth-order valence-corrected chi connectivity index (χ4v) is 2.31. The van der Waals surface area contributed by atoms with Crippen molar-refractivity contribution in [2.24, 2.45) is 0 Å². The SMILES string of the molecule is CCNCc1c(Cl)cccc1N1CC(=O)NC(=O)C1. The Labute approximate surface area is 116 Å². The van der Waals surface area contributed by atoms with E-state index < -0.39 is 0 Å². The van der Waals surface area contributed by atoms with Crippen molar-refractivity contribution in [3.05, 3.63) is 28.8 Å². The molecule has 1 saturated heterocycles. The molecular formula is C13H16ClN3O2. The van der Waals surface area contributed by atoms with Crippen LogP contribution in [0.2, 0.25) is 5.02 Å². The number of carbonyl (C=O) groups excluding carboxylic acids is 2. The maximum Gasteiger partial charge on any atom is 0.246 e. The zero-order valence-electron chi connectivity index (χ0n) is 10.7.